The number of fused-ring (bicyclic) bond motifs is 5. The van der Waals surface area contributed by atoms with Crippen molar-refractivity contribution in [1.29, 1.82) is 0 Å². The van der Waals surface area contributed by atoms with Crippen molar-refractivity contribution in [3.05, 3.63) is 12.7 Å². The quantitative estimate of drug-likeness (QED) is 0.289. The van der Waals surface area contributed by atoms with Gasteiger partial charge in [-0.2, -0.15) is 0 Å². The molecule has 0 radical (unpaired) electrons. The minimum absolute atomic E-state index is 0.0577. The minimum atomic E-state index is -1.28. The number of esters is 2. The number of aliphatic hydroxyl groups is 2. The second-order valence-electron chi connectivity index (χ2n) is 13.4. The molecule has 220 valence electrons. The number of aliphatic hydroxyl groups excluding tert-OH is 2. The Bertz CT molecular complexity index is 938. The van der Waals surface area contributed by atoms with E-state index in [2.05, 4.69) is 19.6 Å². The van der Waals surface area contributed by atoms with Crippen molar-refractivity contribution in [3.8, 4) is 0 Å². The number of ether oxygens (including phenoxy) is 4. The lowest BCUT2D eigenvalue weighted by molar-refractivity contribution is -0.312. The lowest BCUT2D eigenvalue weighted by Crippen LogP contribution is -2.60. The Morgan fingerprint density at radius 1 is 1.00 bits per heavy atom. The molecule has 8 heteroatoms. The minimum Gasteiger partial charge on any atom is -0.465 e. The lowest BCUT2D eigenvalue weighted by Gasteiger charge is -2.61. The van der Waals surface area contributed by atoms with Crippen molar-refractivity contribution in [2.75, 3.05) is 6.61 Å². The molecule has 0 aromatic carbocycles. The zero-order chi connectivity index (χ0) is 28.1. The summed E-state index contributed by atoms with van der Waals surface area (Å²) in [6.07, 6.45) is 6.53. The monoisotopic (exact) mass is 548 g/mol. The summed E-state index contributed by atoms with van der Waals surface area (Å²) < 4.78 is 23.2. The SMILES string of the molecule is C=CC1CCC2C3CCC4CC(OC5OC(C)C(O)C(OC(C)=O)C5O)CCC4(COC(C)=O)C3CCC12C. The summed E-state index contributed by atoms with van der Waals surface area (Å²) in [5.74, 6) is 2.02. The van der Waals surface area contributed by atoms with E-state index >= 15 is 0 Å². The maximum absolute atomic E-state index is 12.0. The van der Waals surface area contributed by atoms with Gasteiger partial charge in [-0.15, -0.1) is 6.58 Å². The Morgan fingerprint density at radius 3 is 2.46 bits per heavy atom. The first-order valence-electron chi connectivity index (χ1n) is 15.1. The fourth-order valence-corrected chi connectivity index (χ4v) is 9.71. The Labute approximate surface area is 232 Å². The van der Waals surface area contributed by atoms with Crippen molar-refractivity contribution in [2.24, 2.45) is 40.4 Å². The molecule has 13 unspecified atom stereocenters. The zero-order valence-electron chi connectivity index (χ0n) is 24.1. The normalized spacial score (nSPS) is 49.2. The van der Waals surface area contributed by atoms with Crippen molar-refractivity contribution in [1.82, 2.24) is 0 Å². The highest BCUT2D eigenvalue weighted by Crippen LogP contribution is 2.67. The van der Waals surface area contributed by atoms with E-state index in [0.29, 0.717) is 41.6 Å². The maximum Gasteiger partial charge on any atom is 0.303 e. The Kier molecular flexibility index (Phi) is 8.24. The van der Waals surface area contributed by atoms with Crippen LogP contribution in [0.4, 0.5) is 0 Å². The Balaban J connectivity index is 1.32. The van der Waals surface area contributed by atoms with Crippen LogP contribution in [0, 0.1) is 40.4 Å². The summed E-state index contributed by atoms with van der Waals surface area (Å²) in [4.78, 5) is 23.6. The highest BCUT2D eigenvalue weighted by Gasteiger charge is 2.62. The molecular formula is C31H48O8. The highest BCUT2D eigenvalue weighted by molar-refractivity contribution is 5.66. The van der Waals surface area contributed by atoms with E-state index in [4.69, 9.17) is 18.9 Å². The van der Waals surface area contributed by atoms with Crippen LogP contribution in [0.1, 0.15) is 85.5 Å². The van der Waals surface area contributed by atoms with E-state index in [1.165, 1.54) is 39.5 Å². The van der Waals surface area contributed by atoms with E-state index in [0.717, 1.165) is 32.1 Å². The van der Waals surface area contributed by atoms with Gasteiger partial charge in [0.25, 0.3) is 0 Å². The van der Waals surface area contributed by atoms with Crippen molar-refractivity contribution in [3.63, 3.8) is 0 Å². The topological polar surface area (TPSA) is 112 Å². The first-order valence-corrected chi connectivity index (χ1v) is 15.1. The average molecular weight is 549 g/mol. The molecule has 0 bridgehead atoms. The summed E-state index contributed by atoms with van der Waals surface area (Å²) in [6, 6.07) is 0. The molecule has 5 fully saturated rings. The zero-order valence-corrected chi connectivity index (χ0v) is 24.1. The predicted molar refractivity (Wildman–Crippen MR) is 143 cm³/mol. The van der Waals surface area contributed by atoms with Gasteiger partial charge in [0.1, 0.15) is 12.2 Å². The van der Waals surface area contributed by atoms with Gasteiger partial charge in [0, 0.05) is 19.3 Å². The third-order valence-corrected chi connectivity index (χ3v) is 11.6. The van der Waals surface area contributed by atoms with Crippen LogP contribution in [0.2, 0.25) is 0 Å². The van der Waals surface area contributed by atoms with Gasteiger partial charge in [-0.3, -0.25) is 9.59 Å². The van der Waals surface area contributed by atoms with Crippen LogP contribution in [-0.4, -0.2) is 65.6 Å². The van der Waals surface area contributed by atoms with E-state index < -0.39 is 36.7 Å². The summed E-state index contributed by atoms with van der Waals surface area (Å²) in [6.45, 7) is 11.6. The van der Waals surface area contributed by atoms with Crippen molar-refractivity contribution in [2.45, 2.75) is 122 Å². The summed E-state index contributed by atoms with van der Waals surface area (Å²) in [7, 11) is 0. The predicted octanol–water partition coefficient (Wildman–Crippen LogP) is 4.16. The smallest absolute Gasteiger partial charge is 0.303 e. The highest BCUT2D eigenvalue weighted by atomic mass is 16.7. The van der Waals surface area contributed by atoms with Crippen LogP contribution >= 0.6 is 0 Å². The molecule has 1 saturated heterocycles. The van der Waals surface area contributed by atoms with Crippen LogP contribution in [0.25, 0.3) is 0 Å². The largest absolute Gasteiger partial charge is 0.465 e. The van der Waals surface area contributed by atoms with E-state index in [-0.39, 0.29) is 17.5 Å². The van der Waals surface area contributed by atoms with Gasteiger partial charge in [0.2, 0.25) is 0 Å². The van der Waals surface area contributed by atoms with Gasteiger partial charge in [-0.1, -0.05) is 13.0 Å². The van der Waals surface area contributed by atoms with E-state index in [1.54, 1.807) is 6.92 Å². The molecule has 0 amide bonds. The molecule has 39 heavy (non-hydrogen) atoms. The van der Waals surface area contributed by atoms with Crippen LogP contribution in [-0.2, 0) is 28.5 Å². The van der Waals surface area contributed by atoms with Gasteiger partial charge >= 0.3 is 11.9 Å². The van der Waals surface area contributed by atoms with Crippen molar-refractivity contribution < 1.29 is 38.7 Å². The van der Waals surface area contributed by atoms with Gasteiger partial charge in [0.05, 0.1) is 18.8 Å². The van der Waals surface area contributed by atoms with Gasteiger partial charge in [-0.25, -0.2) is 0 Å². The second kappa shape index (κ2) is 11.1. The lowest BCUT2D eigenvalue weighted by atomic mass is 9.44. The number of hydrogen-bond donors (Lipinski definition) is 2. The van der Waals surface area contributed by atoms with Gasteiger partial charge in [-0.05, 0) is 99.7 Å². The fourth-order valence-electron chi connectivity index (χ4n) is 9.71. The molecule has 4 saturated carbocycles. The molecule has 1 heterocycles. The molecule has 13 atom stereocenters. The molecule has 4 aliphatic carbocycles. The first-order chi connectivity index (χ1) is 18.5. The number of rotatable bonds is 6. The fraction of sp³-hybridized carbons (Fsp3) is 0.871. The van der Waals surface area contributed by atoms with Crippen LogP contribution in [0.15, 0.2) is 12.7 Å². The van der Waals surface area contributed by atoms with Crippen LogP contribution < -0.4 is 0 Å². The van der Waals surface area contributed by atoms with E-state index in [9.17, 15) is 19.8 Å². The molecule has 1 aliphatic heterocycles. The summed E-state index contributed by atoms with van der Waals surface area (Å²) in [5, 5.41) is 21.3. The maximum atomic E-state index is 12.0. The molecule has 0 spiro atoms. The van der Waals surface area contributed by atoms with Crippen molar-refractivity contribution >= 4 is 11.9 Å². The summed E-state index contributed by atoms with van der Waals surface area (Å²) in [5.41, 5.74) is 0.269. The number of allylic oxidation sites excluding steroid dienone is 1. The number of carbonyl (C=O) groups excluding carboxylic acids is 2. The van der Waals surface area contributed by atoms with E-state index in [1.807, 2.05) is 0 Å². The number of carbonyl (C=O) groups is 2. The molecule has 5 rings (SSSR count). The van der Waals surface area contributed by atoms with Gasteiger partial charge < -0.3 is 29.2 Å². The average Bonchev–Trinajstić information content (AvgIpc) is 3.24. The molecular weight excluding hydrogens is 500 g/mol. The summed E-state index contributed by atoms with van der Waals surface area (Å²) >= 11 is 0. The van der Waals surface area contributed by atoms with Gasteiger partial charge in [0.15, 0.2) is 12.4 Å². The molecule has 5 aliphatic rings. The first kappa shape index (κ1) is 29.0. The number of hydrogen-bond acceptors (Lipinski definition) is 8. The Morgan fingerprint density at radius 2 is 1.77 bits per heavy atom. The second-order valence-corrected chi connectivity index (χ2v) is 13.4. The Hall–Kier alpha value is -1.48. The molecule has 0 aromatic heterocycles. The van der Waals surface area contributed by atoms with Crippen LogP contribution in [0.3, 0.4) is 0 Å². The third-order valence-electron chi connectivity index (χ3n) is 11.6. The standard InChI is InChI=1S/C31H48O8/c1-6-20-8-10-24-23-9-7-21-15-22(39-29-27(35)28(38-19(4)33)26(34)17(2)37-29)11-14-31(21,16-36-18(3)32)25(23)12-13-30(20,24)5/h6,17,20-29,34-35H,1,7-16H2,2-5H3. The molecule has 2 N–H and O–H groups in total. The third kappa shape index (κ3) is 5.08. The van der Waals surface area contributed by atoms with Crippen LogP contribution in [0.5, 0.6) is 0 Å². The molecule has 8 nitrogen and oxygen atoms in total. The molecule has 0 aromatic rings.